The third-order valence-electron chi connectivity index (χ3n) is 2.71. The van der Waals surface area contributed by atoms with Crippen molar-refractivity contribution in [3.8, 4) is 0 Å². The van der Waals surface area contributed by atoms with Gasteiger partial charge in [-0.1, -0.05) is 24.3 Å². The molecule has 0 bridgehead atoms. The van der Waals surface area contributed by atoms with E-state index in [1.54, 1.807) is 30.4 Å². The van der Waals surface area contributed by atoms with Crippen molar-refractivity contribution in [2.24, 2.45) is 0 Å². The SMILES string of the molecule is CSc1cc(SC)c2ccccc2c1NC(C)=O. The molecule has 0 aliphatic heterocycles. The van der Waals surface area contributed by atoms with Gasteiger partial charge >= 0.3 is 0 Å². The molecule has 0 spiro atoms. The van der Waals surface area contributed by atoms with Crippen LogP contribution in [0.1, 0.15) is 6.92 Å². The van der Waals surface area contributed by atoms with E-state index in [1.165, 1.54) is 10.3 Å². The number of nitrogens with one attached hydrogen (secondary N) is 1. The summed E-state index contributed by atoms with van der Waals surface area (Å²) in [6.45, 7) is 1.54. The van der Waals surface area contributed by atoms with Crippen LogP contribution in [0.4, 0.5) is 5.69 Å². The monoisotopic (exact) mass is 277 g/mol. The van der Waals surface area contributed by atoms with E-state index in [2.05, 4.69) is 29.8 Å². The fourth-order valence-electron chi connectivity index (χ4n) is 1.95. The van der Waals surface area contributed by atoms with E-state index in [0.29, 0.717) is 0 Å². The average Bonchev–Trinajstić information content (AvgIpc) is 2.38. The molecule has 0 radical (unpaired) electrons. The summed E-state index contributed by atoms with van der Waals surface area (Å²) in [5, 5.41) is 5.24. The molecule has 0 heterocycles. The number of carbonyl (C=O) groups is 1. The molecule has 0 aliphatic carbocycles. The van der Waals surface area contributed by atoms with Crippen LogP contribution in [0.2, 0.25) is 0 Å². The molecular weight excluding hydrogens is 262 g/mol. The van der Waals surface area contributed by atoms with Crippen LogP contribution in [0.5, 0.6) is 0 Å². The van der Waals surface area contributed by atoms with Gasteiger partial charge in [-0.2, -0.15) is 0 Å². The number of anilines is 1. The summed E-state index contributed by atoms with van der Waals surface area (Å²) in [6.07, 6.45) is 4.10. The van der Waals surface area contributed by atoms with Crippen molar-refractivity contribution >= 4 is 45.9 Å². The van der Waals surface area contributed by atoms with Gasteiger partial charge in [-0.25, -0.2) is 0 Å². The van der Waals surface area contributed by atoms with Gasteiger partial charge in [0.05, 0.1) is 5.69 Å². The van der Waals surface area contributed by atoms with Crippen LogP contribution in [0.3, 0.4) is 0 Å². The van der Waals surface area contributed by atoms with Gasteiger partial charge in [-0.3, -0.25) is 4.79 Å². The number of amides is 1. The maximum absolute atomic E-state index is 11.4. The maximum atomic E-state index is 11.4. The molecule has 2 aromatic carbocycles. The van der Waals surface area contributed by atoms with Crippen LogP contribution >= 0.6 is 23.5 Å². The van der Waals surface area contributed by atoms with Crippen molar-refractivity contribution in [2.45, 2.75) is 16.7 Å². The number of thioether (sulfide) groups is 2. The minimum absolute atomic E-state index is 0.0349. The van der Waals surface area contributed by atoms with Gasteiger partial charge in [0.15, 0.2) is 0 Å². The second-order valence-electron chi connectivity index (χ2n) is 3.88. The highest BCUT2D eigenvalue weighted by Gasteiger charge is 2.11. The van der Waals surface area contributed by atoms with Crippen LogP contribution in [-0.4, -0.2) is 18.4 Å². The van der Waals surface area contributed by atoms with Crippen molar-refractivity contribution in [3.63, 3.8) is 0 Å². The Balaban J connectivity index is 2.76. The van der Waals surface area contributed by atoms with E-state index >= 15 is 0 Å². The Morgan fingerprint density at radius 1 is 1.06 bits per heavy atom. The minimum Gasteiger partial charge on any atom is -0.325 e. The van der Waals surface area contributed by atoms with E-state index in [-0.39, 0.29) is 5.91 Å². The fourth-order valence-corrected chi connectivity index (χ4v) is 3.26. The van der Waals surface area contributed by atoms with Gasteiger partial charge in [0, 0.05) is 22.1 Å². The van der Waals surface area contributed by atoms with E-state index in [4.69, 9.17) is 0 Å². The third kappa shape index (κ3) is 2.49. The van der Waals surface area contributed by atoms with Gasteiger partial charge in [-0.05, 0) is 24.0 Å². The molecule has 4 heteroatoms. The maximum Gasteiger partial charge on any atom is 0.221 e. The topological polar surface area (TPSA) is 29.1 Å². The lowest BCUT2D eigenvalue weighted by Crippen LogP contribution is -2.07. The molecule has 94 valence electrons. The first-order valence-corrected chi connectivity index (χ1v) is 8.03. The molecule has 2 nitrogen and oxygen atoms in total. The van der Waals surface area contributed by atoms with Gasteiger partial charge in [0.25, 0.3) is 0 Å². The zero-order chi connectivity index (χ0) is 13.1. The van der Waals surface area contributed by atoms with Crippen LogP contribution in [0.15, 0.2) is 40.1 Å². The summed E-state index contributed by atoms with van der Waals surface area (Å²) >= 11 is 3.38. The first-order chi connectivity index (χ1) is 8.67. The molecule has 0 atom stereocenters. The van der Waals surface area contributed by atoms with Crippen LogP contribution in [-0.2, 0) is 4.79 Å². The highest BCUT2D eigenvalue weighted by molar-refractivity contribution is 7.99. The van der Waals surface area contributed by atoms with Gasteiger partial charge in [0.1, 0.15) is 0 Å². The van der Waals surface area contributed by atoms with Crippen molar-refractivity contribution in [2.75, 3.05) is 17.8 Å². The number of hydrogen-bond acceptors (Lipinski definition) is 3. The second kappa shape index (κ2) is 5.67. The summed E-state index contributed by atoms with van der Waals surface area (Å²) in [6, 6.07) is 10.3. The first kappa shape index (κ1) is 13.3. The van der Waals surface area contributed by atoms with Crippen molar-refractivity contribution in [1.82, 2.24) is 0 Å². The lowest BCUT2D eigenvalue weighted by Gasteiger charge is -2.14. The minimum atomic E-state index is -0.0349. The second-order valence-corrected chi connectivity index (χ2v) is 5.58. The molecule has 0 saturated carbocycles. The summed E-state index contributed by atoms with van der Waals surface area (Å²) in [7, 11) is 0. The standard InChI is InChI=1S/C14H15NOS2/c1-9(16)15-14-11-7-5-4-6-10(11)12(17-2)8-13(14)18-3/h4-8H,1-3H3,(H,15,16). The molecule has 0 fully saturated rings. The summed E-state index contributed by atoms with van der Waals surface area (Å²) in [4.78, 5) is 13.7. The van der Waals surface area contributed by atoms with Crippen molar-refractivity contribution < 1.29 is 4.79 Å². The summed E-state index contributed by atoms with van der Waals surface area (Å²) in [5.74, 6) is -0.0349. The highest BCUT2D eigenvalue weighted by Crippen LogP contribution is 2.38. The molecule has 0 aliphatic rings. The van der Waals surface area contributed by atoms with Crippen LogP contribution in [0, 0.1) is 0 Å². The molecular formula is C14H15NOS2. The van der Waals surface area contributed by atoms with E-state index in [9.17, 15) is 4.79 Å². The molecule has 1 N–H and O–H groups in total. The number of fused-ring (bicyclic) bond motifs is 1. The Morgan fingerprint density at radius 2 is 1.67 bits per heavy atom. The zero-order valence-electron chi connectivity index (χ0n) is 10.6. The normalized spacial score (nSPS) is 10.6. The number of carbonyl (C=O) groups excluding carboxylic acids is 1. The van der Waals surface area contributed by atoms with Gasteiger partial charge in [-0.15, -0.1) is 23.5 Å². The Labute approximate surface area is 116 Å². The molecule has 1 amide bonds. The van der Waals surface area contributed by atoms with Gasteiger partial charge in [0.2, 0.25) is 5.91 Å². The molecule has 0 saturated heterocycles. The predicted molar refractivity (Wildman–Crippen MR) is 81.8 cm³/mol. The van der Waals surface area contributed by atoms with Crippen LogP contribution in [0.25, 0.3) is 10.8 Å². The third-order valence-corrected chi connectivity index (χ3v) is 4.25. The number of benzene rings is 2. The quantitative estimate of drug-likeness (QED) is 0.851. The Kier molecular flexibility index (Phi) is 4.19. The molecule has 2 rings (SSSR count). The number of rotatable bonds is 3. The lowest BCUT2D eigenvalue weighted by atomic mass is 10.1. The smallest absolute Gasteiger partial charge is 0.221 e. The van der Waals surface area contributed by atoms with Gasteiger partial charge < -0.3 is 5.32 Å². The Morgan fingerprint density at radius 3 is 2.22 bits per heavy atom. The molecule has 0 aromatic heterocycles. The highest BCUT2D eigenvalue weighted by atomic mass is 32.2. The average molecular weight is 277 g/mol. The van der Waals surface area contributed by atoms with E-state index in [1.807, 2.05) is 18.4 Å². The Hall–Kier alpha value is -1.13. The summed E-state index contributed by atoms with van der Waals surface area (Å²) < 4.78 is 0. The lowest BCUT2D eigenvalue weighted by molar-refractivity contribution is -0.114. The van der Waals surface area contributed by atoms with E-state index < -0.39 is 0 Å². The molecule has 0 unspecified atom stereocenters. The number of hydrogen-bond donors (Lipinski definition) is 1. The summed E-state index contributed by atoms with van der Waals surface area (Å²) in [5.41, 5.74) is 0.920. The first-order valence-electron chi connectivity index (χ1n) is 5.58. The largest absolute Gasteiger partial charge is 0.325 e. The van der Waals surface area contributed by atoms with Crippen LogP contribution < -0.4 is 5.32 Å². The zero-order valence-corrected chi connectivity index (χ0v) is 12.2. The predicted octanol–water partition coefficient (Wildman–Crippen LogP) is 4.24. The Bertz CT molecular complexity index is 596. The van der Waals surface area contributed by atoms with Crippen molar-refractivity contribution in [1.29, 1.82) is 0 Å². The molecule has 18 heavy (non-hydrogen) atoms. The fraction of sp³-hybridized carbons (Fsp3) is 0.214. The molecule has 2 aromatic rings. The van der Waals surface area contributed by atoms with E-state index in [0.717, 1.165) is 16.0 Å². The van der Waals surface area contributed by atoms with Crippen molar-refractivity contribution in [3.05, 3.63) is 30.3 Å².